The van der Waals surface area contributed by atoms with Gasteiger partial charge in [0.2, 0.25) is 5.91 Å². The van der Waals surface area contributed by atoms with Gasteiger partial charge < -0.3 is 9.69 Å². The molecule has 4 heteroatoms. The molecular formula is C12H21NO3. The van der Waals surface area contributed by atoms with Gasteiger partial charge in [-0.15, -0.1) is 0 Å². The third-order valence-corrected chi connectivity index (χ3v) is 2.43. The van der Waals surface area contributed by atoms with Crippen molar-refractivity contribution in [3.8, 4) is 0 Å². The zero-order chi connectivity index (χ0) is 12.9. The van der Waals surface area contributed by atoms with Gasteiger partial charge in [0.1, 0.15) is 5.78 Å². The Morgan fingerprint density at radius 1 is 1.12 bits per heavy atom. The van der Waals surface area contributed by atoms with E-state index in [1.807, 2.05) is 0 Å². The van der Waals surface area contributed by atoms with Gasteiger partial charge in [0, 0.05) is 25.3 Å². The van der Waals surface area contributed by atoms with Gasteiger partial charge >= 0.3 is 0 Å². The summed E-state index contributed by atoms with van der Waals surface area (Å²) >= 11 is 0. The summed E-state index contributed by atoms with van der Waals surface area (Å²) in [5.74, 6) is -0.541. The van der Waals surface area contributed by atoms with Crippen LogP contribution in [0.4, 0.5) is 0 Å². The van der Waals surface area contributed by atoms with E-state index < -0.39 is 0 Å². The number of ketones is 2. The number of hydrogen-bond acceptors (Lipinski definition) is 3. The zero-order valence-electron chi connectivity index (χ0n) is 10.7. The number of carbonyl (C=O) groups is 3. The molecule has 0 aromatic heterocycles. The fraction of sp³-hybridized carbons (Fsp3) is 0.750. The van der Waals surface area contributed by atoms with Gasteiger partial charge in [0.05, 0.1) is 6.54 Å². The minimum Gasteiger partial charge on any atom is -0.338 e. The second-order valence-corrected chi connectivity index (χ2v) is 4.62. The summed E-state index contributed by atoms with van der Waals surface area (Å²) in [6.07, 6.45) is 0.235. The molecule has 0 bridgehead atoms. The van der Waals surface area contributed by atoms with Crippen LogP contribution in [0.15, 0.2) is 0 Å². The van der Waals surface area contributed by atoms with Gasteiger partial charge in [0.25, 0.3) is 0 Å². The van der Waals surface area contributed by atoms with Crippen LogP contribution in [0.5, 0.6) is 0 Å². The fourth-order valence-electron chi connectivity index (χ4n) is 1.39. The molecule has 0 aromatic carbocycles. The molecular weight excluding hydrogens is 206 g/mol. The van der Waals surface area contributed by atoms with Gasteiger partial charge in [-0.1, -0.05) is 20.8 Å². The SMILES string of the molecule is CC(=O)CC(C)C(=O)N(C)CC(=O)C(C)C. The number of Topliss-reactive ketones (excluding diaryl/α,β-unsaturated/α-hetero) is 2. The Morgan fingerprint density at radius 3 is 2.00 bits per heavy atom. The number of rotatable bonds is 6. The van der Waals surface area contributed by atoms with Crippen LogP contribution in [-0.4, -0.2) is 36.0 Å². The summed E-state index contributed by atoms with van der Waals surface area (Å²) < 4.78 is 0. The molecule has 1 amide bonds. The van der Waals surface area contributed by atoms with Crippen LogP contribution in [0.3, 0.4) is 0 Å². The highest BCUT2D eigenvalue weighted by molar-refractivity contribution is 5.89. The van der Waals surface area contributed by atoms with Crippen LogP contribution in [0.2, 0.25) is 0 Å². The first-order chi connectivity index (χ1) is 7.25. The molecule has 0 fully saturated rings. The van der Waals surface area contributed by atoms with Crippen LogP contribution in [0.25, 0.3) is 0 Å². The van der Waals surface area contributed by atoms with Crippen LogP contribution in [-0.2, 0) is 14.4 Å². The topological polar surface area (TPSA) is 54.5 Å². The highest BCUT2D eigenvalue weighted by Gasteiger charge is 2.21. The van der Waals surface area contributed by atoms with Crippen molar-refractivity contribution in [2.24, 2.45) is 11.8 Å². The molecule has 0 saturated heterocycles. The first kappa shape index (κ1) is 14.8. The van der Waals surface area contributed by atoms with Crippen molar-refractivity contribution in [2.45, 2.75) is 34.1 Å². The van der Waals surface area contributed by atoms with E-state index in [1.54, 1.807) is 27.8 Å². The third kappa shape index (κ3) is 5.05. The van der Waals surface area contributed by atoms with Gasteiger partial charge in [-0.3, -0.25) is 9.59 Å². The first-order valence-electron chi connectivity index (χ1n) is 5.52. The second kappa shape index (κ2) is 6.40. The summed E-state index contributed by atoms with van der Waals surface area (Å²) in [5.41, 5.74) is 0. The minimum atomic E-state index is -0.345. The maximum Gasteiger partial charge on any atom is 0.225 e. The smallest absolute Gasteiger partial charge is 0.225 e. The lowest BCUT2D eigenvalue weighted by Gasteiger charge is -2.20. The van der Waals surface area contributed by atoms with Crippen molar-refractivity contribution in [3.05, 3.63) is 0 Å². The molecule has 0 heterocycles. The number of amides is 1. The average Bonchev–Trinajstić information content (AvgIpc) is 2.14. The highest BCUT2D eigenvalue weighted by atomic mass is 16.2. The lowest BCUT2D eigenvalue weighted by Crippen LogP contribution is -2.37. The van der Waals surface area contributed by atoms with Crippen molar-refractivity contribution >= 4 is 17.5 Å². The minimum absolute atomic E-state index is 0.00978. The number of carbonyl (C=O) groups excluding carboxylic acids is 3. The molecule has 0 spiro atoms. The monoisotopic (exact) mass is 227 g/mol. The zero-order valence-corrected chi connectivity index (χ0v) is 10.7. The molecule has 0 aliphatic carbocycles. The molecule has 92 valence electrons. The van der Waals surface area contributed by atoms with E-state index in [-0.39, 0.29) is 42.3 Å². The van der Waals surface area contributed by atoms with Crippen LogP contribution >= 0.6 is 0 Å². The lowest BCUT2D eigenvalue weighted by molar-refractivity contribution is -0.139. The quantitative estimate of drug-likeness (QED) is 0.687. The Labute approximate surface area is 97.0 Å². The Morgan fingerprint density at radius 2 is 1.62 bits per heavy atom. The molecule has 16 heavy (non-hydrogen) atoms. The van der Waals surface area contributed by atoms with Crippen molar-refractivity contribution in [2.75, 3.05) is 13.6 Å². The van der Waals surface area contributed by atoms with E-state index in [4.69, 9.17) is 0 Å². The Hall–Kier alpha value is -1.19. The Balaban J connectivity index is 4.28. The van der Waals surface area contributed by atoms with Crippen molar-refractivity contribution < 1.29 is 14.4 Å². The highest BCUT2D eigenvalue weighted by Crippen LogP contribution is 2.07. The standard InChI is InChI=1S/C12H21NO3/c1-8(2)11(15)7-13(5)12(16)9(3)6-10(4)14/h8-9H,6-7H2,1-5H3. The molecule has 0 rings (SSSR count). The Bertz CT molecular complexity index is 284. The van der Waals surface area contributed by atoms with E-state index in [0.29, 0.717) is 0 Å². The predicted octanol–water partition coefficient (Wildman–Crippen LogP) is 1.29. The molecule has 0 aliphatic heterocycles. The summed E-state index contributed by atoms with van der Waals surface area (Å²) in [4.78, 5) is 35.5. The summed E-state index contributed by atoms with van der Waals surface area (Å²) in [6, 6.07) is 0. The van der Waals surface area contributed by atoms with E-state index in [9.17, 15) is 14.4 Å². The molecule has 0 aromatic rings. The van der Waals surface area contributed by atoms with Gasteiger partial charge in [0.15, 0.2) is 5.78 Å². The van der Waals surface area contributed by atoms with Crippen molar-refractivity contribution in [1.29, 1.82) is 0 Å². The number of likely N-dealkylation sites (N-methyl/N-ethyl adjacent to an activating group) is 1. The fourth-order valence-corrected chi connectivity index (χ4v) is 1.39. The summed E-state index contributed by atoms with van der Waals surface area (Å²) in [7, 11) is 1.60. The molecule has 1 atom stereocenters. The predicted molar refractivity (Wildman–Crippen MR) is 61.9 cm³/mol. The van der Waals surface area contributed by atoms with E-state index in [0.717, 1.165) is 0 Å². The molecule has 0 radical (unpaired) electrons. The molecule has 0 saturated carbocycles. The van der Waals surface area contributed by atoms with E-state index in [2.05, 4.69) is 0 Å². The largest absolute Gasteiger partial charge is 0.338 e. The van der Waals surface area contributed by atoms with E-state index in [1.165, 1.54) is 11.8 Å². The maximum atomic E-state index is 11.8. The molecule has 0 aliphatic rings. The maximum absolute atomic E-state index is 11.8. The third-order valence-electron chi connectivity index (χ3n) is 2.43. The lowest BCUT2D eigenvalue weighted by atomic mass is 10.0. The van der Waals surface area contributed by atoms with E-state index >= 15 is 0 Å². The number of nitrogens with zero attached hydrogens (tertiary/aromatic N) is 1. The van der Waals surface area contributed by atoms with Crippen LogP contribution < -0.4 is 0 Å². The molecule has 0 N–H and O–H groups in total. The van der Waals surface area contributed by atoms with Crippen LogP contribution in [0.1, 0.15) is 34.1 Å². The Kier molecular flexibility index (Phi) is 5.93. The van der Waals surface area contributed by atoms with Gasteiger partial charge in [-0.2, -0.15) is 0 Å². The normalized spacial score (nSPS) is 12.4. The summed E-state index contributed by atoms with van der Waals surface area (Å²) in [5, 5.41) is 0. The van der Waals surface area contributed by atoms with Crippen LogP contribution in [0, 0.1) is 11.8 Å². The molecule has 1 unspecified atom stereocenters. The summed E-state index contributed by atoms with van der Waals surface area (Å²) in [6.45, 7) is 6.90. The molecule has 4 nitrogen and oxygen atoms in total. The number of hydrogen-bond donors (Lipinski definition) is 0. The second-order valence-electron chi connectivity index (χ2n) is 4.62. The first-order valence-corrected chi connectivity index (χ1v) is 5.52. The van der Waals surface area contributed by atoms with Crippen molar-refractivity contribution in [1.82, 2.24) is 4.90 Å². The average molecular weight is 227 g/mol. The van der Waals surface area contributed by atoms with Gasteiger partial charge in [-0.25, -0.2) is 0 Å². The van der Waals surface area contributed by atoms with Crippen molar-refractivity contribution in [3.63, 3.8) is 0 Å². The van der Waals surface area contributed by atoms with Gasteiger partial charge in [-0.05, 0) is 6.92 Å².